The van der Waals surface area contributed by atoms with Crippen molar-refractivity contribution in [3.63, 3.8) is 0 Å². The molecule has 3 nitrogen and oxygen atoms in total. The van der Waals surface area contributed by atoms with Gasteiger partial charge in [0.05, 0.1) is 6.10 Å². The lowest BCUT2D eigenvalue weighted by molar-refractivity contribution is 0.0656. The maximum absolute atomic E-state index is 9.62. The van der Waals surface area contributed by atoms with E-state index in [2.05, 4.69) is 29.8 Å². The molecule has 0 radical (unpaired) electrons. The first-order chi connectivity index (χ1) is 6.63. The molecule has 14 heavy (non-hydrogen) atoms. The molecule has 0 amide bonds. The van der Waals surface area contributed by atoms with Crippen molar-refractivity contribution >= 4 is 0 Å². The van der Waals surface area contributed by atoms with Gasteiger partial charge in [0, 0.05) is 32.1 Å². The van der Waals surface area contributed by atoms with Crippen molar-refractivity contribution in [1.82, 2.24) is 9.80 Å². The minimum Gasteiger partial charge on any atom is -0.392 e. The van der Waals surface area contributed by atoms with Gasteiger partial charge in [0.1, 0.15) is 0 Å². The van der Waals surface area contributed by atoms with Gasteiger partial charge in [-0.15, -0.1) is 12.3 Å². The fourth-order valence-corrected chi connectivity index (χ4v) is 1.89. The quantitative estimate of drug-likeness (QED) is 0.644. The summed E-state index contributed by atoms with van der Waals surface area (Å²) in [5.74, 6) is 2.50. The van der Waals surface area contributed by atoms with Gasteiger partial charge in [-0.25, -0.2) is 0 Å². The van der Waals surface area contributed by atoms with E-state index in [-0.39, 0.29) is 6.10 Å². The first kappa shape index (κ1) is 11.5. The Hall–Kier alpha value is -0.560. The molecule has 0 aromatic heterocycles. The van der Waals surface area contributed by atoms with Crippen LogP contribution in [0.15, 0.2) is 0 Å². The molecule has 0 aromatic rings. The summed E-state index contributed by atoms with van der Waals surface area (Å²) in [5.41, 5.74) is 0. The van der Waals surface area contributed by atoms with E-state index < -0.39 is 0 Å². The van der Waals surface area contributed by atoms with Gasteiger partial charge < -0.3 is 14.9 Å². The van der Waals surface area contributed by atoms with E-state index in [1.54, 1.807) is 0 Å². The predicted molar refractivity (Wildman–Crippen MR) is 58.0 cm³/mol. The molecule has 3 heteroatoms. The van der Waals surface area contributed by atoms with Crippen LogP contribution in [0.4, 0.5) is 0 Å². The summed E-state index contributed by atoms with van der Waals surface area (Å²) < 4.78 is 0. The SMILES string of the molecule is C#CCC(O)CC1CN(C)CCN1C. The average Bonchev–Trinajstić information content (AvgIpc) is 2.12. The zero-order valence-corrected chi connectivity index (χ0v) is 9.11. The van der Waals surface area contributed by atoms with E-state index in [4.69, 9.17) is 6.42 Å². The van der Waals surface area contributed by atoms with Gasteiger partial charge in [0.2, 0.25) is 0 Å². The number of piperazine rings is 1. The Labute approximate surface area is 86.7 Å². The van der Waals surface area contributed by atoms with Crippen LogP contribution in [0.3, 0.4) is 0 Å². The van der Waals surface area contributed by atoms with E-state index in [1.807, 2.05) is 0 Å². The molecule has 1 fully saturated rings. The summed E-state index contributed by atoms with van der Waals surface area (Å²) in [6, 6.07) is 0.442. The van der Waals surface area contributed by atoms with Crippen molar-refractivity contribution < 1.29 is 5.11 Å². The van der Waals surface area contributed by atoms with E-state index in [1.165, 1.54) is 0 Å². The zero-order chi connectivity index (χ0) is 10.6. The number of aliphatic hydroxyl groups excluding tert-OH is 1. The predicted octanol–water partition coefficient (Wildman–Crippen LogP) is 0.00650. The largest absolute Gasteiger partial charge is 0.392 e. The fourth-order valence-electron chi connectivity index (χ4n) is 1.89. The lowest BCUT2D eigenvalue weighted by Crippen LogP contribution is -2.50. The smallest absolute Gasteiger partial charge is 0.0664 e. The topological polar surface area (TPSA) is 26.7 Å². The standard InChI is InChI=1S/C11H20N2O/c1-4-5-11(14)8-10-9-12(2)6-7-13(10)3/h1,10-11,14H,5-9H2,2-3H3. The molecule has 1 aliphatic rings. The van der Waals surface area contributed by atoms with Crippen molar-refractivity contribution in [3.8, 4) is 12.3 Å². The van der Waals surface area contributed by atoms with Crippen LogP contribution in [0.1, 0.15) is 12.8 Å². The normalized spacial score (nSPS) is 27.1. The average molecular weight is 196 g/mol. The number of terminal acetylenes is 1. The Kier molecular flexibility index (Phi) is 4.40. The van der Waals surface area contributed by atoms with E-state index >= 15 is 0 Å². The number of aliphatic hydroxyl groups is 1. The van der Waals surface area contributed by atoms with E-state index in [0.29, 0.717) is 12.5 Å². The fraction of sp³-hybridized carbons (Fsp3) is 0.818. The second-order valence-corrected chi connectivity index (χ2v) is 4.19. The van der Waals surface area contributed by atoms with Crippen LogP contribution < -0.4 is 0 Å². The summed E-state index contributed by atoms with van der Waals surface area (Å²) in [4.78, 5) is 4.60. The first-order valence-electron chi connectivity index (χ1n) is 5.13. The third kappa shape index (κ3) is 3.30. The Bertz CT molecular complexity index is 212. The van der Waals surface area contributed by atoms with Crippen LogP contribution in [0.2, 0.25) is 0 Å². The Balaban J connectivity index is 2.38. The minimum absolute atomic E-state index is 0.348. The molecule has 80 valence electrons. The number of rotatable bonds is 3. The highest BCUT2D eigenvalue weighted by Gasteiger charge is 2.23. The molecular formula is C11H20N2O. The number of likely N-dealkylation sites (N-methyl/N-ethyl adjacent to an activating group) is 2. The van der Waals surface area contributed by atoms with Gasteiger partial charge in [0.15, 0.2) is 0 Å². The van der Waals surface area contributed by atoms with Gasteiger partial charge in [-0.05, 0) is 20.5 Å². The first-order valence-corrected chi connectivity index (χ1v) is 5.13. The van der Waals surface area contributed by atoms with Crippen molar-refractivity contribution in [2.75, 3.05) is 33.7 Å². The molecule has 1 saturated heterocycles. The van der Waals surface area contributed by atoms with Crippen molar-refractivity contribution in [2.45, 2.75) is 25.0 Å². The summed E-state index contributed by atoms with van der Waals surface area (Å²) >= 11 is 0. The maximum Gasteiger partial charge on any atom is 0.0664 e. The van der Waals surface area contributed by atoms with Crippen LogP contribution in [-0.4, -0.2) is 60.8 Å². The van der Waals surface area contributed by atoms with Gasteiger partial charge in [-0.2, -0.15) is 0 Å². The second-order valence-electron chi connectivity index (χ2n) is 4.19. The molecule has 0 saturated carbocycles. The summed E-state index contributed by atoms with van der Waals surface area (Å²) in [5, 5.41) is 9.62. The molecule has 0 aliphatic carbocycles. The molecule has 0 bridgehead atoms. The molecule has 1 aliphatic heterocycles. The lowest BCUT2D eigenvalue weighted by Gasteiger charge is -2.38. The molecule has 0 aromatic carbocycles. The van der Waals surface area contributed by atoms with E-state index in [0.717, 1.165) is 26.1 Å². The highest BCUT2D eigenvalue weighted by Crippen LogP contribution is 2.12. The third-order valence-electron chi connectivity index (χ3n) is 2.88. The molecule has 1 N–H and O–H groups in total. The monoisotopic (exact) mass is 196 g/mol. The molecule has 2 atom stereocenters. The van der Waals surface area contributed by atoms with Crippen molar-refractivity contribution in [1.29, 1.82) is 0 Å². The van der Waals surface area contributed by atoms with Crippen LogP contribution >= 0.6 is 0 Å². The number of hydrogen-bond acceptors (Lipinski definition) is 3. The van der Waals surface area contributed by atoms with Crippen LogP contribution in [0, 0.1) is 12.3 Å². The Morgan fingerprint density at radius 3 is 2.86 bits per heavy atom. The third-order valence-corrected chi connectivity index (χ3v) is 2.88. The van der Waals surface area contributed by atoms with Gasteiger partial charge in [-0.1, -0.05) is 0 Å². The summed E-state index contributed by atoms with van der Waals surface area (Å²) in [7, 11) is 4.23. The molecule has 2 unspecified atom stereocenters. The molecule has 1 rings (SSSR count). The van der Waals surface area contributed by atoms with Crippen LogP contribution in [-0.2, 0) is 0 Å². The zero-order valence-electron chi connectivity index (χ0n) is 9.11. The summed E-state index contributed by atoms with van der Waals surface area (Å²) in [6.07, 6.45) is 6.06. The van der Waals surface area contributed by atoms with Crippen molar-refractivity contribution in [2.24, 2.45) is 0 Å². The summed E-state index contributed by atoms with van der Waals surface area (Å²) in [6.45, 7) is 3.21. The molecule has 0 spiro atoms. The maximum atomic E-state index is 9.62. The number of hydrogen-bond donors (Lipinski definition) is 1. The number of nitrogens with zero attached hydrogens (tertiary/aromatic N) is 2. The molecule has 1 heterocycles. The highest BCUT2D eigenvalue weighted by atomic mass is 16.3. The van der Waals surface area contributed by atoms with Gasteiger partial charge in [-0.3, -0.25) is 0 Å². The Morgan fingerprint density at radius 2 is 2.21 bits per heavy atom. The van der Waals surface area contributed by atoms with Crippen LogP contribution in [0.25, 0.3) is 0 Å². The minimum atomic E-state index is -0.348. The lowest BCUT2D eigenvalue weighted by atomic mass is 10.0. The molecular weight excluding hydrogens is 176 g/mol. The second kappa shape index (κ2) is 5.35. The van der Waals surface area contributed by atoms with Gasteiger partial charge in [0.25, 0.3) is 0 Å². The van der Waals surface area contributed by atoms with Gasteiger partial charge >= 0.3 is 0 Å². The highest BCUT2D eigenvalue weighted by molar-refractivity contribution is 4.89. The Morgan fingerprint density at radius 1 is 1.50 bits per heavy atom. The van der Waals surface area contributed by atoms with E-state index in [9.17, 15) is 5.11 Å². The van der Waals surface area contributed by atoms with Crippen LogP contribution in [0.5, 0.6) is 0 Å². The van der Waals surface area contributed by atoms with Crippen molar-refractivity contribution in [3.05, 3.63) is 0 Å².